The van der Waals surface area contributed by atoms with Crippen molar-refractivity contribution in [1.82, 2.24) is 0 Å². The van der Waals surface area contributed by atoms with Gasteiger partial charge < -0.3 is 15.6 Å². The summed E-state index contributed by atoms with van der Waals surface area (Å²) in [6, 6.07) is 3.88. The molecule has 1 aliphatic rings. The standard InChI is InChI=1S/C13H17NO3/c1-17-13(16)3-2-8-4-9-5-11(14)6-10(9)7-12(8)15/h4,7,11,15H,2-3,5-6,14H2,1H3. The molecule has 1 aromatic rings. The smallest absolute Gasteiger partial charge is 0.305 e. The summed E-state index contributed by atoms with van der Waals surface area (Å²) < 4.78 is 4.58. The zero-order chi connectivity index (χ0) is 12.4. The van der Waals surface area contributed by atoms with Gasteiger partial charge in [0.2, 0.25) is 0 Å². The van der Waals surface area contributed by atoms with Crippen LogP contribution in [-0.4, -0.2) is 24.2 Å². The highest BCUT2D eigenvalue weighted by Crippen LogP contribution is 2.29. The second-order valence-corrected chi connectivity index (χ2v) is 4.49. The number of nitrogens with two attached hydrogens (primary N) is 1. The molecule has 92 valence electrons. The van der Waals surface area contributed by atoms with Crippen LogP contribution >= 0.6 is 0 Å². The van der Waals surface area contributed by atoms with Crippen molar-refractivity contribution >= 4 is 5.97 Å². The molecule has 1 aromatic carbocycles. The van der Waals surface area contributed by atoms with E-state index in [1.165, 1.54) is 12.7 Å². The maximum Gasteiger partial charge on any atom is 0.305 e. The van der Waals surface area contributed by atoms with E-state index in [1.807, 2.05) is 6.07 Å². The summed E-state index contributed by atoms with van der Waals surface area (Å²) in [6.07, 6.45) is 2.46. The molecule has 4 heteroatoms. The summed E-state index contributed by atoms with van der Waals surface area (Å²) in [5, 5.41) is 9.85. The molecule has 0 fully saturated rings. The minimum absolute atomic E-state index is 0.153. The topological polar surface area (TPSA) is 72.5 Å². The Bertz CT molecular complexity index is 443. The Morgan fingerprint density at radius 1 is 1.47 bits per heavy atom. The van der Waals surface area contributed by atoms with Crippen LogP contribution in [0.2, 0.25) is 0 Å². The number of phenols is 1. The van der Waals surface area contributed by atoms with Gasteiger partial charge in [-0.2, -0.15) is 0 Å². The first-order valence-electron chi connectivity index (χ1n) is 5.76. The normalized spacial score (nSPS) is 17.9. The number of carbonyl (C=O) groups is 1. The number of phenolic OH excluding ortho intramolecular Hbond substituents is 1. The Morgan fingerprint density at radius 2 is 2.12 bits per heavy atom. The fourth-order valence-corrected chi connectivity index (χ4v) is 2.28. The molecular weight excluding hydrogens is 218 g/mol. The van der Waals surface area contributed by atoms with Gasteiger partial charge in [-0.15, -0.1) is 0 Å². The van der Waals surface area contributed by atoms with Crippen LogP contribution in [-0.2, 0) is 28.8 Å². The van der Waals surface area contributed by atoms with E-state index in [9.17, 15) is 9.90 Å². The lowest BCUT2D eigenvalue weighted by atomic mass is 10.0. The van der Waals surface area contributed by atoms with Crippen molar-refractivity contribution in [1.29, 1.82) is 0 Å². The average Bonchev–Trinajstić information content (AvgIpc) is 2.64. The first-order chi connectivity index (χ1) is 8.10. The molecule has 2 rings (SSSR count). The monoisotopic (exact) mass is 235 g/mol. The molecular formula is C13H17NO3. The molecule has 3 N–H and O–H groups in total. The molecule has 0 radical (unpaired) electrons. The van der Waals surface area contributed by atoms with E-state index in [2.05, 4.69) is 4.74 Å². The van der Waals surface area contributed by atoms with Crippen LogP contribution < -0.4 is 5.73 Å². The molecule has 0 aromatic heterocycles. The maximum atomic E-state index is 11.1. The van der Waals surface area contributed by atoms with Gasteiger partial charge in [0.05, 0.1) is 7.11 Å². The molecule has 0 saturated heterocycles. The van der Waals surface area contributed by atoms with Crippen LogP contribution in [0, 0.1) is 0 Å². The number of benzene rings is 1. The Kier molecular flexibility index (Phi) is 3.33. The largest absolute Gasteiger partial charge is 0.508 e. The number of aryl methyl sites for hydroxylation is 1. The minimum Gasteiger partial charge on any atom is -0.508 e. The number of aromatic hydroxyl groups is 1. The lowest BCUT2D eigenvalue weighted by Crippen LogP contribution is -2.18. The van der Waals surface area contributed by atoms with Gasteiger partial charge in [-0.05, 0) is 42.0 Å². The van der Waals surface area contributed by atoms with Crippen LogP contribution in [0.5, 0.6) is 5.75 Å². The van der Waals surface area contributed by atoms with Gasteiger partial charge in [-0.3, -0.25) is 4.79 Å². The van der Waals surface area contributed by atoms with Crippen LogP contribution in [0.15, 0.2) is 12.1 Å². The van der Waals surface area contributed by atoms with Crippen molar-refractivity contribution in [3.05, 3.63) is 28.8 Å². The van der Waals surface area contributed by atoms with E-state index in [0.29, 0.717) is 6.42 Å². The van der Waals surface area contributed by atoms with Gasteiger partial charge in [0.25, 0.3) is 0 Å². The SMILES string of the molecule is COC(=O)CCc1cc2c(cc1O)CC(N)C2. The van der Waals surface area contributed by atoms with E-state index < -0.39 is 0 Å². The second kappa shape index (κ2) is 4.75. The third-order valence-electron chi connectivity index (χ3n) is 3.19. The van der Waals surface area contributed by atoms with Gasteiger partial charge in [-0.1, -0.05) is 6.07 Å². The summed E-state index contributed by atoms with van der Waals surface area (Å²) in [5.41, 5.74) is 8.98. The van der Waals surface area contributed by atoms with Crippen LogP contribution in [0.4, 0.5) is 0 Å². The average molecular weight is 235 g/mol. The van der Waals surface area contributed by atoms with Gasteiger partial charge in [0.1, 0.15) is 5.75 Å². The zero-order valence-corrected chi connectivity index (χ0v) is 9.90. The number of methoxy groups -OCH3 is 1. The first-order valence-corrected chi connectivity index (χ1v) is 5.76. The van der Waals surface area contributed by atoms with E-state index in [0.717, 1.165) is 24.0 Å². The molecule has 1 aliphatic carbocycles. The number of rotatable bonds is 3. The highest BCUT2D eigenvalue weighted by atomic mass is 16.5. The third-order valence-corrected chi connectivity index (χ3v) is 3.19. The summed E-state index contributed by atoms with van der Waals surface area (Å²) in [7, 11) is 1.36. The number of carbonyl (C=O) groups excluding carboxylic acids is 1. The Morgan fingerprint density at radius 3 is 2.76 bits per heavy atom. The van der Waals surface area contributed by atoms with E-state index in [-0.39, 0.29) is 24.2 Å². The number of ether oxygens (including phenoxy) is 1. The van der Waals surface area contributed by atoms with Crippen molar-refractivity contribution in [2.24, 2.45) is 5.73 Å². The molecule has 0 heterocycles. The highest BCUT2D eigenvalue weighted by Gasteiger charge is 2.20. The lowest BCUT2D eigenvalue weighted by Gasteiger charge is -2.07. The number of esters is 1. The van der Waals surface area contributed by atoms with Crippen LogP contribution in [0.25, 0.3) is 0 Å². The van der Waals surface area contributed by atoms with Crippen LogP contribution in [0.3, 0.4) is 0 Å². The molecule has 1 atom stereocenters. The van der Waals surface area contributed by atoms with Crippen molar-refractivity contribution in [3.63, 3.8) is 0 Å². The summed E-state index contributed by atoms with van der Waals surface area (Å²) in [6.45, 7) is 0. The molecule has 0 saturated carbocycles. The fourth-order valence-electron chi connectivity index (χ4n) is 2.28. The van der Waals surface area contributed by atoms with E-state index in [1.54, 1.807) is 6.07 Å². The number of fused-ring (bicyclic) bond motifs is 1. The molecule has 0 aliphatic heterocycles. The Balaban J connectivity index is 2.14. The fraction of sp³-hybridized carbons (Fsp3) is 0.462. The van der Waals surface area contributed by atoms with Crippen molar-refractivity contribution in [2.75, 3.05) is 7.11 Å². The van der Waals surface area contributed by atoms with E-state index >= 15 is 0 Å². The predicted octanol–water partition coefficient (Wildman–Crippen LogP) is 0.924. The Labute approximate surface area is 100 Å². The number of hydrogen-bond acceptors (Lipinski definition) is 4. The zero-order valence-electron chi connectivity index (χ0n) is 9.90. The quantitative estimate of drug-likeness (QED) is 0.764. The molecule has 17 heavy (non-hydrogen) atoms. The first kappa shape index (κ1) is 11.9. The van der Waals surface area contributed by atoms with Crippen molar-refractivity contribution in [3.8, 4) is 5.75 Å². The number of hydrogen-bond donors (Lipinski definition) is 2. The van der Waals surface area contributed by atoms with Gasteiger partial charge >= 0.3 is 5.97 Å². The van der Waals surface area contributed by atoms with Crippen LogP contribution in [0.1, 0.15) is 23.1 Å². The maximum absolute atomic E-state index is 11.1. The molecule has 0 spiro atoms. The molecule has 0 amide bonds. The van der Waals surface area contributed by atoms with Gasteiger partial charge in [0.15, 0.2) is 0 Å². The van der Waals surface area contributed by atoms with Gasteiger partial charge in [0, 0.05) is 12.5 Å². The minimum atomic E-state index is -0.262. The van der Waals surface area contributed by atoms with Crippen molar-refractivity contribution < 1.29 is 14.6 Å². The van der Waals surface area contributed by atoms with Gasteiger partial charge in [-0.25, -0.2) is 0 Å². The Hall–Kier alpha value is -1.55. The summed E-state index contributed by atoms with van der Waals surface area (Å²) in [5.74, 6) is -0.0108. The summed E-state index contributed by atoms with van der Waals surface area (Å²) in [4.78, 5) is 11.1. The highest BCUT2D eigenvalue weighted by molar-refractivity contribution is 5.69. The summed E-state index contributed by atoms with van der Waals surface area (Å²) >= 11 is 0. The van der Waals surface area contributed by atoms with E-state index in [4.69, 9.17) is 5.73 Å². The third kappa shape index (κ3) is 2.58. The second-order valence-electron chi connectivity index (χ2n) is 4.49. The predicted molar refractivity (Wildman–Crippen MR) is 63.8 cm³/mol. The molecule has 0 bridgehead atoms. The molecule has 1 unspecified atom stereocenters. The molecule has 4 nitrogen and oxygen atoms in total. The lowest BCUT2D eigenvalue weighted by molar-refractivity contribution is -0.140. The van der Waals surface area contributed by atoms with Crippen molar-refractivity contribution in [2.45, 2.75) is 31.7 Å².